The van der Waals surface area contributed by atoms with Crippen LogP contribution in [0.2, 0.25) is 0 Å². The van der Waals surface area contributed by atoms with E-state index in [4.69, 9.17) is 9.15 Å². The fourth-order valence-electron chi connectivity index (χ4n) is 4.27. The summed E-state index contributed by atoms with van der Waals surface area (Å²) in [6.07, 6.45) is 5.32. The third kappa shape index (κ3) is 3.26. The van der Waals surface area contributed by atoms with Gasteiger partial charge in [0.05, 0.1) is 36.5 Å². The van der Waals surface area contributed by atoms with E-state index in [0.717, 1.165) is 42.7 Å². The summed E-state index contributed by atoms with van der Waals surface area (Å²) in [5, 5.41) is 4.63. The van der Waals surface area contributed by atoms with E-state index in [9.17, 15) is 8.42 Å². The van der Waals surface area contributed by atoms with Crippen LogP contribution in [-0.4, -0.2) is 29.1 Å². The van der Waals surface area contributed by atoms with E-state index in [2.05, 4.69) is 5.10 Å². The van der Waals surface area contributed by atoms with Crippen molar-refractivity contribution in [2.75, 3.05) is 6.61 Å². The zero-order valence-electron chi connectivity index (χ0n) is 16.3. The molecule has 29 heavy (non-hydrogen) atoms. The van der Waals surface area contributed by atoms with Crippen molar-refractivity contribution in [3.63, 3.8) is 0 Å². The number of fused-ring (bicyclic) bond motifs is 2. The summed E-state index contributed by atoms with van der Waals surface area (Å²) < 4.78 is 41.5. The molecular weight excluding hydrogens is 390 g/mol. The van der Waals surface area contributed by atoms with Crippen LogP contribution < -0.4 is 4.74 Å². The zero-order valence-corrected chi connectivity index (χ0v) is 17.1. The molecule has 0 saturated heterocycles. The van der Waals surface area contributed by atoms with Gasteiger partial charge in [-0.25, -0.2) is 8.42 Å². The predicted molar refractivity (Wildman–Crippen MR) is 106 cm³/mol. The second-order valence-corrected chi connectivity index (χ2v) is 9.51. The molecule has 0 saturated carbocycles. The molecule has 2 aromatic heterocycles. The molecule has 1 aliphatic heterocycles. The summed E-state index contributed by atoms with van der Waals surface area (Å²) in [6, 6.07) is 8.67. The van der Waals surface area contributed by atoms with Crippen molar-refractivity contribution in [3.05, 3.63) is 64.9 Å². The first-order chi connectivity index (χ1) is 14.0. The summed E-state index contributed by atoms with van der Waals surface area (Å²) in [5.41, 5.74) is 4.17. The molecule has 0 unspecified atom stereocenters. The topological polar surface area (TPSA) is 77.6 Å². The summed E-state index contributed by atoms with van der Waals surface area (Å²) in [7, 11) is -1.81. The highest BCUT2D eigenvalue weighted by Crippen LogP contribution is 2.31. The average molecular weight is 413 g/mol. The van der Waals surface area contributed by atoms with Gasteiger partial charge in [-0.1, -0.05) is 0 Å². The van der Waals surface area contributed by atoms with Crippen LogP contribution in [0, 0.1) is 0 Å². The van der Waals surface area contributed by atoms with Crippen LogP contribution >= 0.6 is 0 Å². The predicted octanol–water partition coefficient (Wildman–Crippen LogP) is 2.83. The summed E-state index contributed by atoms with van der Waals surface area (Å²) >= 11 is 0. The van der Waals surface area contributed by atoms with Crippen molar-refractivity contribution in [1.29, 1.82) is 0 Å². The van der Waals surface area contributed by atoms with Gasteiger partial charge < -0.3 is 9.15 Å². The minimum absolute atomic E-state index is 0.161. The van der Waals surface area contributed by atoms with E-state index >= 15 is 0 Å². The number of furan rings is 1. The van der Waals surface area contributed by atoms with Crippen LogP contribution in [0.5, 0.6) is 5.75 Å². The highest BCUT2D eigenvalue weighted by Gasteiger charge is 2.30. The van der Waals surface area contributed by atoms with Crippen molar-refractivity contribution in [2.24, 2.45) is 7.05 Å². The van der Waals surface area contributed by atoms with E-state index in [1.807, 2.05) is 11.7 Å². The lowest BCUT2D eigenvalue weighted by molar-refractivity contribution is 0.353. The number of aromatic nitrogens is 2. The Balaban J connectivity index is 1.52. The number of rotatable bonds is 6. The lowest BCUT2D eigenvalue weighted by atomic mass is 10.2. The van der Waals surface area contributed by atoms with Crippen molar-refractivity contribution < 1.29 is 17.6 Å². The summed E-state index contributed by atoms with van der Waals surface area (Å²) in [5.74, 6) is 1.37. The maximum atomic E-state index is 13.6. The van der Waals surface area contributed by atoms with Crippen LogP contribution in [0.25, 0.3) is 0 Å². The Morgan fingerprint density at radius 2 is 2.07 bits per heavy atom. The monoisotopic (exact) mass is 413 g/mol. The molecule has 0 bridgehead atoms. The lowest BCUT2D eigenvalue weighted by Gasteiger charge is -2.21. The van der Waals surface area contributed by atoms with Gasteiger partial charge in [0.15, 0.2) is 0 Å². The van der Waals surface area contributed by atoms with Gasteiger partial charge in [0.1, 0.15) is 11.5 Å². The van der Waals surface area contributed by atoms with Crippen molar-refractivity contribution in [1.82, 2.24) is 14.1 Å². The highest BCUT2D eigenvalue weighted by molar-refractivity contribution is 7.89. The smallest absolute Gasteiger partial charge is 0.243 e. The Labute approximate surface area is 169 Å². The Bertz CT molecular complexity index is 1150. The molecule has 3 aromatic rings. The molecule has 8 heteroatoms. The molecule has 0 fully saturated rings. The van der Waals surface area contributed by atoms with E-state index in [1.54, 1.807) is 36.6 Å². The molecular formula is C21H23N3O4S. The first-order valence-corrected chi connectivity index (χ1v) is 11.3. The van der Waals surface area contributed by atoms with Gasteiger partial charge in [-0.05, 0) is 60.7 Å². The molecule has 0 N–H and O–H groups in total. The van der Waals surface area contributed by atoms with E-state index < -0.39 is 10.0 Å². The van der Waals surface area contributed by atoms with Gasteiger partial charge in [0.2, 0.25) is 10.0 Å². The first kappa shape index (κ1) is 18.4. The quantitative estimate of drug-likeness (QED) is 0.621. The van der Waals surface area contributed by atoms with Gasteiger partial charge >= 0.3 is 0 Å². The third-order valence-electron chi connectivity index (χ3n) is 5.74. The first-order valence-electron chi connectivity index (χ1n) is 9.84. The van der Waals surface area contributed by atoms with Gasteiger partial charge in [0.25, 0.3) is 0 Å². The van der Waals surface area contributed by atoms with E-state index in [0.29, 0.717) is 12.4 Å². The SMILES string of the molecule is Cn1nc(CN(Cc2ccco2)S(=O)(=O)c2ccc3c(c2)CCO3)c2c1CCC2. The molecule has 0 radical (unpaired) electrons. The zero-order chi connectivity index (χ0) is 20.0. The molecule has 5 rings (SSSR count). The average Bonchev–Trinajstić information content (AvgIpc) is 3.48. The maximum absolute atomic E-state index is 13.6. The van der Waals surface area contributed by atoms with Crippen molar-refractivity contribution in [2.45, 2.75) is 43.7 Å². The van der Waals surface area contributed by atoms with Crippen molar-refractivity contribution in [3.8, 4) is 5.75 Å². The minimum atomic E-state index is -3.74. The molecule has 2 aliphatic rings. The Morgan fingerprint density at radius 3 is 2.90 bits per heavy atom. The molecule has 0 spiro atoms. The third-order valence-corrected chi connectivity index (χ3v) is 7.52. The van der Waals surface area contributed by atoms with Gasteiger partial charge in [-0.3, -0.25) is 4.68 Å². The number of nitrogens with zero attached hydrogens (tertiary/aromatic N) is 3. The Morgan fingerprint density at radius 1 is 1.17 bits per heavy atom. The highest BCUT2D eigenvalue weighted by atomic mass is 32.2. The van der Waals surface area contributed by atoms with Crippen molar-refractivity contribution >= 4 is 10.0 Å². The molecule has 0 amide bonds. The number of sulfonamides is 1. The number of aryl methyl sites for hydroxylation is 1. The van der Waals surface area contributed by atoms with Gasteiger partial charge in [0, 0.05) is 19.2 Å². The van der Waals surface area contributed by atoms with Gasteiger partial charge in [-0.15, -0.1) is 0 Å². The lowest BCUT2D eigenvalue weighted by Crippen LogP contribution is -2.30. The number of hydrogen-bond acceptors (Lipinski definition) is 5. The molecule has 3 heterocycles. The molecule has 1 aliphatic carbocycles. The van der Waals surface area contributed by atoms with Crippen LogP contribution in [0.4, 0.5) is 0 Å². The Hall–Kier alpha value is -2.58. The van der Waals surface area contributed by atoms with Gasteiger partial charge in [-0.2, -0.15) is 9.40 Å². The second kappa shape index (κ2) is 7.03. The van der Waals surface area contributed by atoms with Crippen LogP contribution in [0.1, 0.15) is 34.7 Å². The largest absolute Gasteiger partial charge is 0.493 e. The standard InChI is InChI=1S/C21H23N3O4S/c1-23-20-6-2-5-18(20)19(22-23)14-24(13-16-4-3-10-27-16)29(25,26)17-7-8-21-15(12-17)9-11-28-21/h3-4,7-8,10,12H,2,5-6,9,11,13-14H2,1H3. The summed E-state index contributed by atoms with van der Waals surface area (Å²) in [6.45, 7) is 0.975. The molecule has 7 nitrogen and oxygen atoms in total. The second-order valence-electron chi connectivity index (χ2n) is 7.57. The number of hydrogen-bond donors (Lipinski definition) is 0. The molecule has 0 atom stereocenters. The Kier molecular flexibility index (Phi) is 4.48. The minimum Gasteiger partial charge on any atom is -0.493 e. The van der Waals surface area contributed by atoms with Crippen LogP contribution in [-0.2, 0) is 49.4 Å². The molecule has 152 valence electrons. The fraction of sp³-hybridized carbons (Fsp3) is 0.381. The number of ether oxygens (including phenoxy) is 1. The maximum Gasteiger partial charge on any atom is 0.243 e. The number of benzene rings is 1. The van der Waals surface area contributed by atoms with Crippen LogP contribution in [0.15, 0.2) is 45.9 Å². The normalized spacial score (nSPS) is 15.5. The van der Waals surface area contributed by atoms with E-state index in [-0.39, 0.29) is 18.0 Å². The summed E-state index contributed by atoms with van der Waals surface area (Å²) in [4.78, 5) is 0.279. The fourth-order valence-corrected chi connectivity index (χ4v) is 5.69. The van der Waals surface area contributed by atoms with E-state index in [1.165, 1.54) is 15.6 Å². The molecule has 1 aromatic carbocycles. The van der Waals surface area contributed by atoms with Crippen LogP contribution in [0.3, 0.4) is 0 Å².